The summed E-state index contributed by atoms with van der Waals surface area (Å²) in [6, 6.07) is 22.7. The maximum Gasteiger partial charge on any atom is 0.251 e. The average molecular weight is 499 g/mol. The number of hydrogen-bond acceptors (Lipinski definition) is 4. The van der Waals surface area contributed by atoms with Crippen molar-refractivity contribution in [1.29, 1.82) is 0 Å². The van der Waals surface area contributed by atoms with E-state index in [9.17, 15) is 9.59 Å². The van der Waals surface area contributed by atoms with Crippen LogP contribution in [0.2, 0.25) is 0 Å². The van der Waals surface area contributed by atoms with Crippen molar-refractivity contribution in [2.24, 2.45) is 0 Å². The standard InChI is InChI=1S/C30H34N4O3/c1-5-23-15-11-12-21(2)29(23)34(22(3)20-37-4)28(35)19-33-26-17-10-9-16-25(26)32-27(33)18-31-30(36)24-13-7-6-8-14-24/h6-17,22H,5,18-20H2,1-4H3,(H,31,36)/t22-/m1/s1. The first-order valence-corrected chi connectivity index (χ1v) is 12.6. The molecule has 4 rings (SSSR count). The molecular formula is C30H34N4O3. The number of amides is 2. The first-order valence-electron chi connectivity index (χ1n) is 12.6. The van der Waals surface area contributed by atoms with Crippen LogP contribution in [0.25, 0.3) is 11.0 Å². The summed E-state index contributed by atoms with van der Waals surface area (Å²) in [5.41, 5.74) is 5.29. The highest BCUT2D eigenvalue weighted by molar-refractivity contribution is 5.96. The van der Waals surface area contributed by atoms with Gasteiger partial charge in [-0.3, -0.25) is 9.59 Å². The molecule has 7 nitrogen and oxygen atoms in total. The number of para-hydroxylation sites is 3. The summed E-state index contributed by atoms with van der Waals surface area (Å²) in [7, 11) is 1.65. The molecule has 0 aliphatic rings. The van der Waals surface area contributed by atoms with E-state index in [1.165, 1.54) is 0 Å². The molecule has 1 N–H and O–H groups in total. The monoisotopic (exact) mass is 498 g/mol. The fourth-order valence-electron chi connectivity index (χ4n) is 4.76. The molecule has 7 heteroatoms. The number of methoxy groups -OCH3 is 1. The van der Waals surface area contributed by atoms with Crippen molar-refractivity contribution in [3.05, 3.63) is 95.3 Å². The lowest BCUT2D eigenvalue weighted by atomic mass is 10.0. The van der Waals surface area contributed by atoms with Gasteiger partial charge < -0.3 is 19.5 Å². The van der Waals surface area contributed by atoms with E-state index < -0.39 is 0 Å². The molecule has 0 bridgehead atoms. The lowest BCUT2D eigenvalue weighted by Gasteiger charge is -2.32. The number of rotatable bonds is 10. The number of hydrogen-bond donors (Lipinski definition) is 1. The van der Waals surface area contributed by atoms with Crippen molar-refractivity contribution in [3.8, 4) is 0 Å². The molecule has 0 spiro atoms. The molecule has 192 valence electrons. The van der Waals surface area contributed by atoms with E-state index in [-0.39, 0.29) is 30.9 Å². The second-order valence-corrected chi connectivity index (χ2v) is 9.16. The van der Waals surface area contributed by atoms with Gasteiger partial charge in [0, 0.05) is 12.7 Å². The molecule has 3 aromatic carbocycles. The number of benzene rings is 3. The van der Waals surface area contributed by atoms with Gasteiger partial charge in [0.25, 0.3) is 5.91 Å². The number of aryl methyl sites for hydroxylation is 2. The van der Waals surface area contributed by atoms with Crippen LogP contribution < -0.4 is 10.2 Å². The van der Waals surface area contributed by atoms with Gasteiger partial charge in [0.15, 0.2) is 0 Å². The van der Waals surface area contributed by atoms with Crippen LogP contribution in [0, 0.1) is 6.92 Å². The maximum atomic E-state index is 14.0. The topological polar surface area (TPSA) is 76.5 Å². The van der Waals surface area contributed by atoms with Crippen LogP contribution in [0.15, 0.2) is 72.8 Å². The maximum absolute atomic E-state index is 14.0. The van der Waals surface area contributed by atoms with E-state index in [4.69, 9.17) is 9.72 Å². The Hall–Kier alpha value is -3.97. The van der Waals surface area contributed by atoms with Gasteiger partial charge in [0.1, 0.15) is 12.4 Å². The lowest BCUT2D eigenvalue weighted by Crippen LogP contribution is -2.44. The van der Waals surface area contributed by atoms with Gasteiger partial charge in [0.2, 0.25) is 5.91 Å². The van der Waals surface area contributed by atoms with Gasteiger partial charge in [0.05, 0.1) is 35.9 Å². The Morgan fingerprint density at radius 1 is 1.03 bits per heavy atom. The van der Waals surface area contributed by atoms with E-state index >= 15 is 0 Å². The van der Waals surface area contributed by atoms with Crippen LogP contribution in [-0.4, -0.2) is 41.1 Å². The van der Waals surface area contributed by atoms with Crippen LogP contribution >= 0.6 is 0 Å². The fourth-order valence-corrected chi connectivity index (χ4v) is 4.76. The van der Waals surface area contributed by atoms with Crippen molar-refractivity contribution >= 4 is 28.5 Å². The molecule has 0 aliphatic heterocycles. The summed E-state index contributed by atoms with van der Waals surface area (Å²) in [6.45, 7) is 6.83. The molecule has 0 saturated carbocycles. The van der Waals surface area contributed by atoms with E-state index in [2.05, 4.69) is 18.3 Å². The number of nitrogens with zero attached hydrogens (tertiary/aromatic N) is 3. The van der Waals surface area contributed by atoms with Gasteiger partial charge in [-0.15, -0.1) is 0 Å². The molecule has 37 heavy (non-hydrogen) atoms. The lowest BCUT2D eigenvalue weighted by molar-refractivity contribution is -0.119. The molecule has 2 amide bonds. The molecule has 4 aromatic rings. The Bertz CT molecular complexity index is 1380. The molecule has 1 aromatic heterocycles. The van der Waals surface area contributed by atoms with Crippen LogP contribution in [0.3, 0.4) is 0 Å². The van der Waals surface area contributed by atoms with E-state index in [1.807, 2.05) is 77.9 Å². The van der Waals surface area contributed by atoms with E-state index in [0.29, 0.717) is 18.0 Å². The predicted octanol–water partition coefficient (Wildman–Crippen LogP) is 4.91. The number of imidazole rings is 1. The molecule has 0 aliphatic carbocycles. The Labute approximate surface area is 218 Å². The quantitative estimate of drug-likeness (QED) is 0.337. The summed E-state index contributed by atoms with van der Waals surface area (Å²) >= 11 is 0. The molecule has 1 atom stereocenters. The van der Waals surface area contributed by atoms with E-state index in [0.717, 1.165) is 34.3 Å². The summed E-state index contributed by atoms with van der Waals surface area (Å²) < 4.78 is 7.35. The smallest absolute Gasteiger partial charge is 0.251 e. The summed E-state index contributed by atoms with van der Waals surface area (Å²) in [5, 5.41) is 2.95. The molecular weight excluding hydrogens is 464 g/mol. The van der Waals surface area contributed by atoms with Crippen LogP contribution in [-0.2, 0) is 29.0 Å². The summed E-state index contributed by atoms with van der Waals surface area (Å²) in [5.74, 6) is 0.374. The Morgan fingerprint density at radius 2 is 1.76 bits per heavy atom. The van der Waals surface area contributed by atoms with Gasteiger partial charge >= 0.3 is 0 Å². The summed E-state index contributed by atoms with van der Waals surface area (Å²) in [4.78, 5) is 33.3. The highest BCUT2D eigenvalue weighted by atomic mass is 16.5. The SMILES string of the molecule is CCc1cccc(C)c1N(C(=O)Cn1c(CNC(=O)c2ccccc2)nc2ccccc21)[C@H](C)COC. The fraction of sp³-hybridized carbons (Fsp3) is 0.300. The molecule has 1 heterocycles. The first-order chi connectivity index (χ1) is 17.9. The molecule has 0 fully saturated rings. The number of nitrogens with one attached hydrogen (secondary N) is 1. The second-order valence-electron chi connectivity index (χ2n) is 9.16. The zero-order chi connectivity index (χ0) is 26.4. The highest BCUT2D eigenvalue weighted by Crippen LogP contribution is 2.29. The number of fused-ring (bicyclic) bond motifs is 1. The highest BCUT2D eigenvalue weighted by Gasteiger charge is 2.27. The zero-order valence-corrected chi connectivity index (χ0v) is 21.9. The molecule has 0 radical (unpaired) electrons. The van der Waals surface area contributed by atoms with Gasteiger partial charge in [-0.25, -0.2) is 4.98 Å². The zero-order valence-electron chi connectivity index (χ0n) is 21.9. The number of anilines is 1. The second kappa shape index (κ2) is 11.8. The van der Waals surface area contributed by atoms with Crippen molar-refractivity contribution in [3.63, 3.8) is 0 Å². The van der Waals surface area contributed by atoms with Crippen LogP contribution in [0.1, 0.15) is 41.2 Å². The Kier molecular flexibility index (Phi) is 8.36. The third-order valence-corrected chi connectivity index (χ3v) is 6.53. The number of ether oxygens (including phenoxy) is 1. The van der Waals surface area contributed by atoms with Crippen molar-refractivity contribution in [2.75, 3.05) is 18.6 Å². The largest absolute Gasteiger partial charge is 0.383 e. The Morgan fingerprint density at radius 3 is 2.49 bits per heavy atom. The van der Waals surface area contributed by atoms with Crippen LogP contribution in [0.4, 0.5) is 5.69 Å². The first kappa shape index (κ1) is 26.1. The number of carbonyl (C=O) groups is 2. The third-order valence-electron chi connectivity index (χ3n) is 6.53. The average Bonchev–Trinajstić information content (AvgIpc) is 3.26. The molecule has 0 saturated heterocycles. The van der Waals surface area contributed by atoms with Crippen molar-refractivity contribution in [2.45, 2.75) is 46.3 Å². The normalized spacial score (nSPS) is 11.9. The molecule has 0 unspecified atom stereocenters. The number of carbonyl (C=O) groups excluding carboxylic acids is 2. The minimum atomic E-state index is -0.187. The predicted molar refractivity (Wildman–Crippen MR) is 147 cm³/mol. The summed E-state index contributed by atoms with van der Waals surface area (Å²) in [6.07, 6.45) is 0.811. The van der Waals surface area contributed by atoms with Gasteiger partial charge in [-0.2, -0.15) is 0 Å². The third kappa shape index (κ3) is 5.73. The van der Waals surface area contributed by atoms with Crippen LogP contribution in [0.5, 0.6) is 0 Å². The minimum absolute atomic E-state index is 0.0626. The minimum Gasteiger partial charge on any atom is -0.383 e. The van der Waals surface area contributed by atoms with Crippen molar-refractivity contribution < 1.29 is 14.3 Å². The Balaban J connectivity index is 1.68. The number of aromatic nitrogens is 2. The van der Waals surface area contributed by atoms with E-state index in [1.54, 1.807) is 19.2 Å². The van der Waals surface area contributed by atoms with Gasteiger partial charge in [-0.05, 0) is 55.7 Å². The van der Waals surface area contributed by atoms with Crippen molar-refractivity contribution in [1.82, 2.24) is 14.9 Å². The van der Waals surface area contributed by atoms with Gasteiger partial charge in [-0.1, -0.05) is 55.5 Å².